The molecule has 19 heavy (non-hydrogen) atoms. The SMILES string of the molecule is [CH2-][N+](C)(Cc1ccccc1)Cc1ccc(OC)cc1. The van der Waals surface area contributed by atoms with E-state index in [2.05, 4.69) is 50.5 Å². The highest BCUT2D eigenvalue weighted by Crippen LogP contribution is 2.18. The minimum Gasteiger partial charge on any atom is -0.497 e. The Morgan fingerprint density at radius 1 is 0.895 bits per heavy atom. The molecule has 0 bridgehead atoms. The first-order valence-corrected chi connectivity index (χ1v) is 6.45. The molecule has 0 amide bonds. The van der Waals surface area contributed by atoms with Crippen LogP contribution >= 0.6 is 0 Å². The Bertz CT molecular complexity index is 503. The predicted octanol–water partition coefficient (Wildman–Crippen LogP) is 3.63. The molecule has 0 heterocycles. The van der Waals surface area contributed by atoms with Crippen LogP contribution in [0, 0.1) is 7.05 Å². The molecule has 0 saturated carbocycles. The van der Waals surface area contributed by atoms with Gasteiger partial charge in [0.05, 0.1) is 20.2 Å². The Morgan fingerprint density at radius 3 is 1.95 bits per heavy atom. The summed E-state index contributed by atoms with van der Waals surface area (Å²) in [6.07, 6.45) is 0. The minimum absolute atomic E-state index is 0.691. The van der Waals surface area contributed by atoms with Gasteiger partial charge in [-0.3, -0.25) is 0 Å². The van der Waals surface area contributed by atoms with Gasteiger partial charge in [0.1, 0.15) is 5.75 Å². The second kappa shape index (κ2) is 5.89. The smallest absolute Gasteiger partial charge is 0.118 e. The Balaban J connectivity index is 2.03. The normalized spacial score (nSPS) is 13.8. The average molecular weight is 255 g/mol. The fraction of sp³-hybridized carbons (Fsp3) is 0.235. The first-order valence-electron chi connectivity index (χ1n) is 6.45. The molecule has 2 aromatic carbocycles. The Labute approximate surface area is 115 Å². The van der Waals surface area contributed by atoms with Crippen molar-refractivity contribution >= 4 is 0 Å². The van der Waals surface area contributed by atoms with E-state index in [0.717, 1.165) is 18.8 Å². The summed E-state index contributed by atoms with van der Waals surface area (Å²) in [5.74, 6) is 0.894. The molecule has 0 saturated heterocycles. The fourth-order valence-electron chi connectivity index (χ4n) is 2.25. The molecule has 2 rings (SSSR count). The van der Waals surface area contributed by atoms with Crippen LogP contribution in [0.5, 0.6) is 5.75 Å². The van der Waals surface area contributed by atoms with Gasteiger partial charge in [0.25, 0.3) is 0 Å². The molecule has 0 radical (unpaired) electrons. The molecule has 0 aliphatic carbocycles. The number of rotatable bonds is 5. The third kappa shape index (κ3) is 4.11. The molecule has 2 nitrogen and oxygen atoms in total. The fourth-order valence-corrected chi connectivity index (χ4v) is 2.25. The van der Waals surface area contributed by atoms with Crippen LogP contribution in [-0.2, 0) is 13.1 Å². The largest absolute Gasteiger partial charge is 0.497 e. The molecule has 2 heteroatoms. The summed E-state index contributed by atoms with van der Waals surface area (Å²) in [5, 5.41) is 0. The van der Waals surface area contributed by atoms with Crippen molar-refractivity contribution in [1.29, 1.82) is 0 Å². The number of hydrogen-bond donors (Lipinski definition) is 0. The van der Waals surface area contributed by atoms with Gasteiger partial charge in [-0.15, -0.1) is 7.05 Å². The Hall–Kier alpha value is -1.80. The van der Waals surface area contributed by atoms with E-state index >= 15 is 0 Å². The molecule has 0 spiro atoms. The monoisotopic (exact) mass is 255 g/mol. The van der Waals surface area contributed by atoms with Gasteiger partial charge in [-0.05, 0) is 24.3 Å². The van der Waals surface area contributed by atoms with Crippen molar-refractivity contribution in [2.75, 3.05) is 14.2 Å². The molecule has 0 aromatic heterocycles. The highest BCUT2D eigenvalue weighted by molar-refractivity contribution is 5.26. The van der Waals surface area contributed by atoms with Crippen LogP contribution in [0.15, 0.2) is 54.6 Å². The third-order valence-corrected chi connectivity index (χ3v) is 3.13. The molecule has 0 aliphatic heterocycles. The summed E-state index contributed by atoms with van der Waals surface area (Å²) in [6.45, 7) is 1.83. The average Bonchev–Trinajstić information content (AvgIpc) is 2.39. The number of nitrogens with zero attached hydrogens (tertiary/aromatic N) is 1. The van der Waals surface area contributed by atoms with Crippen LogP contribution in [-0.4, -0.2) is 18.6 Å². The standard InChI is InChI=1S/C17H21NO/c1-18(2,13-15-7-5-4-6-8-15)14-16-9-11-17(19-3)12-10-16/h4-12H,1,13-14H2,2-3H3. The maximum Gasteiger partial charge on any atom is 0.118 e. The Kier molecular flexibility index (Phi) is 4.23. The van der Waals surface area contributed by atoms with Crippen molar-refractivity contribution in [3.8, 4) is 5.75 Å². The van der Waals surface area contributed by atoms with E-state index in [4.69, 9.17) is 4.74 Å². The van der Waals surface area contributed by atoms with Crippen LogP contribution in [0.4, 0.5) is 0 Å². The van der Waals surface area contributed by atoms with Crippen LogP contribution in [0.1, 0.15) is 11.1 Å². The summed E-state index contributed by atoms with van der Waals surface area (Å²) >= 11 is 0. The van der Waals surface area contributed by atoms with E-state index in [-0.39, 0.29) is 0 Å². The lowest BCUT2D eigenvalue weighted by Gasteiger charge is -2.38. The van der Waals surface area contributed by atoms with Gasteiger partial charge < -0.3 is 9.22 Å². The maximum atomic E-state index is 5.17. The zero-order valence-electron chi connectivity index (χ0n) is 11.7. The molecule has 0 aliphatic rings. The summed E-state index contributed by atoms with van der Waals surface area (Å²) in [5.41, 5.74) is 2.59. The predicted molar refractivity (Wildman–Crippen MR) is 78.4 cm³/mol. The van der Waals surface area contributed by atoms with Gasteiger partial charge in [0.15, 0.2) is 0 Å². The van der Waals surface area contributed by atoms with Crippen LogP contribution < -0.4 is 4.74 Å². The molecule has 1 atom stereocenters. The number of quaternary nitrogens is 1. The van der Waals surface area contributed by atoms with E-state index in [1.165, 1.54) is 11.1 Å². The van der Waals surface area contributed by atoms with Gasteiger partial charge in [-0.1, -0.05) is 30.3 Å². The van der Waals surface area contributed by atoms with Crippen molar-refractivity contribution in [2.24, 2.45) is 0 Å². The van der Waals surface area contributed by atoms with E-state index < -0.39 is 0 Å². The van der Waals surface area contributed by atoms with Crippen molar-refractivity contribution in [1.82, 2.24) is 0 Å². The van der Waals surface area contributed by atoms with Gasteiger partial charge >= 0.3 is 0 Å². The second-order valence-electron chi connectivity index (χ2n) is 5.27. The lowest BCUT2D eigenvalue weighted by molar-refractivity contribution is -0.893. The van der Waals surface area contributed by atoms with E-state index in [9.17, 15) is 0 Å². The van der Waals surface area contributed by atoms with Gasteiger partial charge in [0.2, 0.25) is 0 Å². The lowest BCUT2D eigenvalue weighted by Crippen LogP contribution is -2.35. The van der Waals surface area contributed by atoms with Crippen molar-refractivity contribution in [3.05, 3.63) is 72.8 Å². The van der Waals surface area contributed by atoms with Crippen molar-refractivity contribution in [2.45, 2.75) is 13.1 Å². The number of methoxy groups -OCH3 is 1. The zero-order chi connectivity index (χ0) is 13.7. The highest BCUT2D eigenvalue weighted by atomic mass is 16.5. The number of ether oxygens (including phenoxy) is 1. The quantitative estimate of drug-likeness (QED) is 0.585. The number of hydrogen-bond acceptors (Lipinski definition) is 1. The van der Waals surface area contributed by atoms with Gasteiger partial charge in [-0.25, -0.2) is 0 Å². The lowest BCUT2D eigenvalue weighted by atomic mass is 10.1. The maximum absolute atomic E-state index is 5.17. The van der Waals surface area contributed by atoms with Crippen LogP contribution in [0.2, 0.25) is 0 Å². The van der Waals surface area contributed by atoms with Gasteiger partial charge in [-0.2, -0.15) is 0 Å². The third-order valence-electron chi connectivity index (χ3n) is 3.13. The molecule has 0 N–H and O–H groups in total. The van der Waals surface area contributed by atoms with E-state index in [1.54, 1.807) is 7.11 Å². The minimum atomic E-state index is 0.691. The summed E-state index contributed by atoms with van der Waals surface area (Å²) in [4.78, 5) is 0. The Morgan fingerprint density at radius 2 is 1.42 bits per heavy atom. The summed E-state index contributed by atoms with van der Waals surface area (Å²) in [7, 11) is 8.15. The molecule has 1 unspecified atom stereocenters. The van der Waals surface area contributed by atoms with Crippen molar-refractivity contribution in [3.63, 3.8) is 0 Å². The van der Waals surface area contributed by atoms with E-state index in [1.807, 2.05) is 18.2 Å². The van der Waals surface area contributed by atoms with Crippen molar-refractivity contribution < 1.29 is 9.22 Å². The summed E-state index contributed by atoms with van der Waals surface area (Å²) < 4.78 is 5.87. The van der Waals surface area contributed by atoms with E-state index in [0.29, 0.717) is 4.48 Å². The second-order valence-corrected chi connectivity index (χ2v) is 5.27. The molecule has 100 valence electrons. The molecule has 0 fully saturated rings. The molecule has 2 aromatic rings. The van der Waals surface area contributed by atoms with Gasteiger partial charge in [0, 0.05) is 18.2 Å². The zero-order valence-corrected chi connectivity index (χ0v) is 11.7. The molecular formula is C17H21NO. The van der Waals surface area contributed by atoms with Crippen LogP contribution in [0.25, 0.3) is 0 Å². The summed E-state index contributed by atoms with van der Waals surface area (Å²) in [6, 6.07) is 18.7. The first kappa shape index (κ1) is 13.6. The molecular weight excluding hydrogens is 234 g/mol. The van der Waals surface area contributed by atoms with Crippen LogP contribution in [0.3, 0.4) is 0 Å². The highest BCUT2D eigenvalue weighted by Gasteiger charge is 2.11. The first-order chi connectivity index (χ1) is 9.09. The topological polar surface area (TPSA) is 9.23 Å². The number of benzene rings is 2.